The second kappa shape index (κ2) is 6.71. The normalized spacial score (nSPS) is 10.1. The summed E-state index contributed by atoms with van der Waals surface area (Å²) in [6.07, 6.45) is 1.01. The van der Waals surface area contributed by atoms with Crippen LogP contribution in [0.3, 0.4) is 0 Å². The lowest BCUT2D eigenvalue weighted by Crippen LogP contribution is -1.98. The van der Waals surface area contributed by atoms with Crippen LogP contribution in [0.4, 0.5) is 4.39 Å². The van der Waals surface area contributed by atoms with E-state index in [1.54, 1.807) is 12.1 Å². The Hall–Kier alpha value is -0.700. The minimum absolute atomic E-state index is 0.245. The zero-order chi connectivity index (χ0) is 10.2. The van der Waals surface area contributed by atoms with E-state index < -0.39 is 0 Å². The summed E-state index contributed by atoms with van der Waals surface area (Å²) < 4.78 is 18.1. The lowest BCUT2D eigenvalue weighted by Gasteiger charge is -2.05. The predicted octanol–water partition coefficient (Wildman–Crippen LogP) is 3.35. The van der Waals surface area contributed by atoms with Crippen molar-refractivity contribution in [3.8, 4) is 5.75 Å². The van der Waals surface area contributed by atoms with Gasteiger partial charge in [-0.3, -0.25) is 0 Å². The molecule has 3 heteroatoms. The van der Waals surface area contributed by atoms with Crippen LogP contribution in [0.5, 0.6) is 5.75 Å². The SMILES string of the molecule is CCSCCCOc1cccc(F)c1. The van der Waals surface area contributed by atoms with Crippen molar-refractivity contribution in [1.82, 2.24) is 0 Å². The predicted molar refractivity (Wildman–Crippen MR) is 59.5 cm³/mol. The third-order valence-corrected chi connectivity index (χ3v) is 2.69. The number of rotatable bonds is 6. The largest absolute Gasteiger partial charge is 0.493 e. The van der Waals surface area contributed by atoms with Crippen LogP contribution in [0, 0.1) is 5.82 Å². The molecule has 0 N–H and O–H groups in total. The van der Waals surface area contributed by atoms with Crippen molar-refractivity contribution in [3.05, 3.63) is 30.1 Å². The van der Waals surface area contributed by atoms with Gasteiger partial charge >= 0.3 is 0 Å². The lowest BCUT2D eigenvalue weighted by molar-refractivity contribution is 0.317. The first-order chi connectivity index (χ1) is 6.83. The van der Waals surface area contributed by atoms with Crippen molar-refractivity contribution in [2.75, 3.05) is 18.1 Å². The minimum atomic E-state index is -0.245. The van der Waals surface area contributed by atoms with Gasteiger partial charge < -0.3 is 4.74 Å². The van der Waals surface area contributed by atoms with Crippen LogP contribution in [0.2, 0.25) is 0 Å². The van der Waals surface area contributed by atoms with E-state index in [2.05, 4.69) is 6.92 Å². The number of ether oxygens (including phenoxy) is 1. The first kappa shape index (κ1) is 11.4. The fourth-order valence-electron chi connectivity index (χ4n) is 1.05. The fraction of sp³-hybridized carbons (Fsp3) is 0.455. The minimum Gasteiger partial charge on any atom is -0.493 e. The Bertz CT molecular complexity index is 265. The van der Waals surface area contributed by atoms with Gasteiger partial charge in [0.15, 0.2) is 0 Å². The molecule has 0 aromatic heterocycles. The zero-order valence-electron chi connectivity index (χ0n) is 8.33. The molecule has 0 spiro atoms. The van der Waals surface area contributed by atoms with E-state index in [0.29, 0.717) is 12.4 Å². The van der Waals surface area contributed by atoms with Crippen LogP contribution in [-0.2, 0) is 0 Å². The van der Waals surface area contributed by atoms with Gasteiger partial charge in [0.25, 0.3) is 0 Å². The number of hydrogen-bond acceptors (Lipinski definition) is 2. The highest BCUT2D eigenvalue weighted by molar-refractivity contribution is 7.99. The Balaban J connectivity index is 2.18. The van der Waals surface area contributed by atoms with Crippen LogP contribution < -0.4 is 4.74 Å². The maximum Gasteiger partial charge on any atom is 0.126 e. The van der Waals surface area contributed by atoms with Crippen molar-refractivity contribution < 1.29 is 9.13 Å². The molecule has 0 saturated heterocycles. The molecule has 0 aliphatic rings. The maximum absolute atomic E-state index is 12.7. The fourth-order valence-corrected chi connectivity index (χ4v) is 1.66. The molecule has 1 rings (SSSR count). The highest BCUT2D eigenvalue weighted by Gasteiger charge is 1.95. The molecule has 78 valence electrons. The summed E-state index contributed by atoms with van der Waals surface area (Å²) in [5, 5.41) is 0. The van der Waals surface area contributed by atoms with Gasteiger partial charge in [0, 0.05) is 6.07 Å². The van der Waals surface area contributed by atoms with Crippen LogP contribution in [0.1, 0.15) is 13.3 Å². The standard InChI is InChI=1S/C11H15FOS/c1-2-14-8-4-7-13-11-6-3-5-10(12)9-11/h3,5-6,9H,2,4,7-8H2,1H3. The van der Waals surface area contributed by atoms with Crippen LogP contribution >= 0.6 is 11.8 Å². The molecule has 0 aliphatic carbocycles. The summed E-state index contributed by atoms with van der Waals surface area (Å²) in [6, 6.07) is 6.26. The van der Waals surface area contributed by atoms with Crippen molar-refractivity contribution in [2.45, 2.75) is 13.3 Å². The first-order valence-electron chi connectivity index (χ1n) is 4.79. The number of thioether (sulfide) groups is 1. The van der Waals surface area contributed by atoms with Crippen LogP contribution in [0.15, 0.2) is 24.3 Å². The van der Waals surface area contributed by atoms with E-state index in [9.17, 15) is 4.39 Å². The van der Waals surface area contributed by atoms with E-state index in [1.807, 2.05) is 11.8 Å². The Labute approximate surface area is 88.7 Å². The Morgan fingerprint density at radius 1 is 1.43 bits per heavy atom. The molecule has 0 aliphatic heterocycles. The van der Waals surface area contributed by atoms with E-state index in [0.717, 1.165) is 17.9 Å². The highest BCUT2D eigenvalue weighted by atomic mass is 32.2. The molecule has 0 atom stereocenters. The molecular weight excluding hydrogens is 199 g/mol. The summed E-state index contributed by atoms with van der Waals surface area (Å²) in [4.78, 5) is 0. The summed E-state index contributed by atoms with van der Waals surface area (Å²) in [6.45, 7) is 2.80. The van der Waals surface area contributed by atoms with E-state index in [4.69, 9.17) is 4.74 Å². The monoisotopic (exact) mass is 214 g/mol. The van der Waals surface area contributed by atoms with Crippen molar-refractivity contribution in [2.24, 2.45) is 0 Å². The third-order valence-electron chi connectivity index (χ3n) is 1.70. The van der Waals surface area contributed by atoms with E-state index in [1.165, 1.54) is 12.1 Å². The Morgan fingerprint density at radius 3 is 3.00 bits per heavy atom. The second-order valence-corrected chi connectivity index (χ2v) is 4.25. The van der Waals surface area contributed by atoms with Gasteiger partial charge in [-0.25, -0.2) is 4.39 Å². The molecule has 1 nitrogen and oxygen atoms in total. The molecule has 14 heavy (non-hydrogen) atoms. The van der Waals surface area contributed by atoms with Gasteiger partial charge in [-0.1, -0.05) is 13.0 Å². The van der Waals surface area contributed by atoms with Crippen LogP contribution in [0.25, 0.3) is 0 Å². The molecule has 0 bridgehead atoms. The number of hydrogen-bond donors (Lipinski definition) is 0. The molecule has 0 amide bonds. The quantitative estimate of drug-likeness (QED) is 0.672. The van der Waals surface area contributed by atoms with Crippen molar-refractivity contribution in [3.63, 3.8) is 0 Å². The molecule has 1 aromatic carbocycles. The second-order valence-electron chi connectivity index (χ2n) is 2.86. The van der Waals surface area contributed by atoms with Crippen LogP contribution in [-0.4, -0.2) is 18.1 Å². The van der Waals surface area contributed by atoms with Gasteiger partial charge in [-0.15, -0.1) is 0 Å². The maximum atomic E-state index is 12.7. The molecule has 0 saturated carbocycles. The van der Waals surface area contributed by atoms with Gasteiger partial charge in [-0.2, -0.15) is 11.8 Å². The van der Waals surface area contributed by atoms with Gasteiger partial charge in [0.05, 0.1) is 6.61 Å². The smallest absolute Gasteiger partial charge is 0.126 e. The average molecular weight is 214 g/mol. The summed E-state index contributed by atoms with van der Waals surface area (Å²) in [7, 11) is 0. The number of benzene rings is 1. The zero-order valence-corrected chi connectivity index (χ0v) is 9.15. The van der Waals surface area contributed by atoms with Crippen molar-refractivity contribution >= 4 is 11.8 Å². The van der Waals surface area contributed by atoms with Gasteiger partial charge in [0.1, 0.15) is 11.6 Å². The first-order valence-corrected chi connectivity index (χ1v) is 5.94. The highest BCUT2D eigenvalue weighted by Crippen LogP contribution is 2.12. The topological polar surface area (TPSA) is 9.23 Å². The molecule has 0 radical (unpaired) electrons. The third kappa shape index (κ3) is 4.51. The van der Waals surface area contributed by atoms with E-state index >= 15 is 0 Å². The van der Waals surface area contributed by atoms with Gasteiger partial charge in [-0.05, 0) is 30.1 Å². The average Bonchev–Trinajstić information content (AvgIpc) is 2.18. The Morgan fingerprint density at radius 2 is 2.29 bits per heavy atom. The molecule has 0 heterocycles. The molecule has 0 fully saturated rings. The molecular formula is C11H15FOS. The summed E-state index contributed by atoms with van der Waals surface area (Å²) in [5.74, 6) is 2.61. The summed E-state index contributed by atoms with van der Waals surface area (Å²) >= 11 is 1.89. The Kier molecular flexibility index (Phi) is 5.45. The van der Waals surface area contributed by atoms with E-state index in [-0.39, 0.29) is 5.82 Å². The molecule has 1 aromatic rings. The van der Waals surface area contributed by atoms with Gasteiger partial charge in [0.2, 0.25) is 0 Å². The lowest BCUT2D eigenvalue weighted by atomic mass is 10.3. The number of halogens is 1. The molecule has 0 unspecified atom stereocenters. The van der Waals surface area contributed by atoms with Crippen molar-refractivity contribution in [1.29, 1.82) is 0 Å². The summed E-state index contributed by atoms with van der Waals surface area (Å²) in [5.41, 5.74) is 0.